The SMILES string of the molecule is O=[C-][C@@H]1CCC(=O)N1.[Na+]. The van der Waals surface area contributed by atoms with E-state index in [0.717, 1.165) is 0 Å². The van der Waals surface area contributed by atoms with E-state index >= 15 is 0 Å². The minimum atomic E-state index is -0.331. The molecule has 0 bridgehead atoms. The summed E-state index contributed by atoms with van der Waals surface area (Å²) in [6.07, 6.45) is 2.80. The van der Waals surface area contributed by atoms with E-state index in [4.69, 9.17) is 0 Å². The molecule has 0 unspecified atom stereocenters. The van der Waals surface area contributed by atoms with E-state index in [1.165, 1.54) is 0 Å². The van der Waals surface area contributed by atoms with Gasteiger partial charge in [0.05, 0.1) is 0 Å². The van der Waals surface area contributed by atoms with E-state index in [1.54, 1.807) is 6.29 Å². The summed E-state index contributed by atoms with van der Waals surface area (Å²) in [7, 11) is 0. The zero-order valence-electron chi connectivity index (χ0n) is 5.31. The Kier molecular flexibility index (Phi) is 4.10. The third-order valence-electron chi connectivity index (χ3n) is 1.14. The van der Waals surface area contributed by atoms with Crippen LogP contribution < -0.4 is 34.9 Å². The third kappa shape index (κ3) is 2.47. The fraction of sp³-hybridized carbons (Fsp3) is 0.600. The molecule has 44 valence electrons. The first-order valence-corrected chi connectivity index (χ1v) is 2.50. The topological polar surface area (TPSA) is 46.2 Å². The summed E-state index contributed by atoms with van der Waals surface area (Å²) < 4.78 is 0. The van der Waals surface area contributed by atoms with Gasteiger partial charge in [-0.25, -0.2) is 6.29 Å². The van der Waals surface area contributed by atoms with Gasteiger partial charge in [-0.05, 0) is 6.42 Å². The van der Waals surface area contributed by atoms with Crippen LogP contribution in [0.3, 0.4) is 0 Å². The smallest absolute Gasteiger partial charge is 0.540 e. The first kappa shape index (κ1) is 9.14. The summed E-state index contributed by atoms with van der Waals surface area (Å²) in [6.45, 7) is 0. The Balaban J connectivity index is 0.000000640. The van der Waals surface area contributed by atoms with Gasteiger partial charge in [-0.15, -0.1) is 0 Å². The number of amides is 1. The van der Waals surface area contributed by atoms with Gasteiger partial charge in [-0.2, -0.15) is 0 Å². The number of carbonyl (C=O) groups excluding carboxylic acids is 2. The molecule has 1 aliphatic heterocycles. The Morgan fingerprint density at radius 3 is 2.56 bits per heavy atom. The molecule has 1 N–H and O–H groups in total. The summed E-state index contributed by atoms with van der Waals surface area (Å²) in [5, 5.41) is 2.44. The summed E-state index contributed by atoms with van der Waals surface area (Å²) in [4.78, 5) is 20.1. The van der Waals surface area contributed by atoms with Crippen LogP contribution in [0.2, 0.25) is 0 Å². The normalized spacial score (nSPS) is 24.4. The van der Waals surface area contributed by atoms with Crippen LogP contribution in [0, 0.1) is 0 Å². The zero-order chi connectivity index (χ0) is 5.98. The van der Waals surface area contributed by atoms with Crippen LogP contribution in [-0.2, 0) is 9.59 Å². The Morgan fingerprint density at radius 1 is 1.67 bits per heavy atom. The summed E-state index contributed by atoms with van der Waals surface area (Å²) in [5.41, 5.74) is 0. The van der Waals surface area contributed by atoms with E-state index < -0.39 is 0 Å². The van der Waals surface area contributed by atoms with Gasteiger partial charge in [-0.3, -0.25) is 4.79 Å². The van der Waals surface area contributed by atoms with E-state index in [-0.39, 0.29) is 41.5 Å². The maximum absolute atomic E-state index is 10.3. The van der Waals surface area contributed by atoms with Crippen molar-refractivity contribution in [2.24, 2.45) is 0 Å². The second-order valence-corrected chi connectivity index (χ2v) is 1.78. The fourth-order valence-electron chi connectivity index (χ4n) is 0.702. The molecule has 1 rings (SSSR count). The molecule has 1 atom stereocenters. The van der Waals surface area contributed by atoms with Gasteiger partial charge in [0, 0.05) is 6.42 Å². The Labute approximate surface area is 75.5 Å². The number of hydrogen-bond donors (Lipinski definition) is 1. The molecular weight excluding hydrogens is 129 g/mol. The van der Waals surface area contributed by atoms with Crippen molar-refractivity contribution in [2.45, 2.75) is 18.9 Å². The van der Waals surface area contributed by atoms with E-state index in [0.29, 0.717) is 12.8 Å². The van der Waals surface area contributed by atoms with Crippen molar-refractivity contribution in [3.63, 3.8) is 0 Å². The molecule has 1 fully saturated rings. The molecule has 1 heterocycles. The molecule has 0 spiro atoms. The van der Waals surface area contributed by atoms with Crippen LogP contribution >= 0.6 is 0 Å². The van der Waals surface area contributed by atoms with Gasteiger partial charge < -0.3 is 10.1 Å². The molecule has 0 aromatic carbocycles. The first-order chi connectivity index (χ1) is 3.83. The van der Waals surface area contributed by atoms with Crippen LogP contribution in [0.4, 0.5) is 0 Å². The van der Waals surface area contributed by atoms with Gasteiger partial charge in [0.1, 0.15) is 0 Å². The molecule has 1 saturated heterocycles. The van der Waals surface area contributed by atoms with Gasteiger partial charge in [0.25, 0.3) is 0 Å². The molecule has 0 aliphatic carbocycles. The summed E-state index contributed by atoms with van der Waals surface area (Å²) >= 11 is 0. The predicted octanol–water partition coefficient (Wildman–Crippen LogP) is -3.62. The van der Waals surface area contributed by atoms with Crippen molar-refractivity contribution >= 4 is 12.2 Å². The largest absolute Gasteiger partial charge is 1.00 e. The molecule has 1 amide bonds. The van der Waals surface area contributed by atoms with Gasteiger partial charge >= 0.3 is 29.6 Å². The van der Waals surface area contributed by atoms with Gasteiger partial charge in [-0.1, -0.05) is 6.04 Å². The van der Waals surface area contributed by atoms with Crippen molar-refractivity contribution in [1.82, 2.24) is 5.32 Å². The minimum Gasteiger partial charge on any atom is -0.540 e. The third-order valence-corrected chi connectivity index (χ3v) is 1.14. The van der Waals surface area contributed by atoms with Gasteiger partial charge in [0.15, 0.2) is 0 Å². The van der Waals surface area contributed by atoms with Gasteiger partial charge in [0.2, 0.25) is 5.91 Å². The molecular formula is C5H6NNaO2. The average Bonchev–Trinajstić information content (AvgIpc) is 2.14. The Hall–Kier alpha value is 0.140. The predicted molar refractivity (Wildman–Crippen MR) is 26.9 cm³/mol. The standard InChI is InChI=1S/C5H6NO2.Na/c7-3-4-1-2-5(8)6-4;/h4H,1-2H2,(H,6,8);/q-1;+1/t4-;/m0./s1. The molecule has 9 heavy (non-hydrogen) atoms. The zero-order valence-corrected chi connectivity index (χ0v) is 7.31. The second kappa shape index (κ2) is 4.04. The van der Waals surface area contributed by atoms with E-state index in [1.807, 2.05) is 0 Å². The summed E-state index contributed by atoms with van der Waals surface area (Å²) in [6, 6.07) is -0.331. The van der Waals surface area contributed by atoms with Crippen molar-refractivity contribution in [2.75, 3.05) is 0 Å². The number of hydrogen-bond acceptors (Lipinski definition) is 2. The average molecular weight is 135 g/mol. The molecule has 4 heteroatoms. The first-order valence-electron chi connectivity index (χ1n) is 2.50. The van der Waals surface area contributed by atoms with Crippen molar-refractivity contribution in [1.29, 1.82) is 0 Å². The monoisotopic (exact) mass is 135 g/mol. The van der Waals surface area contributed by atoms with Crippen LogP contribution in [0.25, 0.3) is 0 Å². The van der Waals surface area contributed by atoms with Crippen LogP contribution in [-0.4, -0.2) is 18.2 Å². The molecule has 3 nitrogen and oxygen atoms in total. The summed E-state index contributed by atoms with van der Waals surface area (Å²) in [5.74, 6) is -0.0432. The van der Waals surface area contributed by atoms with Crippen molar-refractivity contribution < 1.29 is 39.1 Å². The quantitative estimate of drug-likeness (QED) is 0.298. The molecule has 0 radical (unpaired) electrons. The van der Waals surface area contributed by atoms with E-state index in [9.17, 15) is 9.59 Å². The maximum atomic E-state index is 10.3. The molecule has 1 aliphatic rings. The molecule has 0 aromatic rings. The second-order valence-electron chi connectivity index (χ2n) is 1.78. The van der Waals surface area contributed by atoms with Crippen molar-refractivity contribution in [3.05, 3.63) is 0 Å². The van der Waals surface area contributed by atoms with Crippen LogP contribution in [0.15, 0.2) is 0 Å². The molecule has 0 saturated carbocycles. The Bertz CT molecular complexity index is 126. The maximum Gasteiger partial charge on any atom is 1.00 e. The van der Waals surface area contributed by atoms with Crippen LogP contribution in [0.1, 0.15) is 12.8 Å². The van der Waals surface area contributed by atoms with Crippen LogP contribution in [0.5, 0.6) is 0 Å². The number of nitrogens with one attached hydrogen (secondary N) is 1. The van der Waals surface area contributed by atoms with E-state index in [2.05, 4.69) is 5.32 Å². The number of carbonyl (C=O) groups is 1. The Morgan fingerprint density at radius 2 is 2.33 bits per heavy atom. The fourth-order valence-corrected chi connectivity index (χ4v) is 0.702. The molecule has 0 aromatic heterocycles. The van der Waals surface area contributed by atoms with Crippen molar-refractivity contribution in [3.8, 4) is 0 Å². The minimum absolute atomic E-state index is 0. The number of rotatable bonds is 1.